The molecule has 18 nitrogen and oxygen atoms in total. The lowest BCUT2D eigenvalue weighted by molar-refractivity contribution is 0.0965. The number of benzene rings is 1. The third-order valence-electron chi connectivity index (χ3n) is 8.30. The van der Waals surface area contributed by atoms with Gasteiger partial charge in [0.1, 0.15) is 16.8 Å². The molecule has 19 heteroatoms. The molecule has 1 aromatic carbocycles. The first-order chi connectivity index (χ1) is 26.4. The quantitative estimate of drug-likeness (QED) is 0.0865. The molecule has 4 amide bonds. The van der Waals surface area contributed by atoms with Crippen LogP contribution in [0.4, 0.5) is 5.95 Å². The highest BCUT2D eigenvalue weighted by molar-refractivity contribution is 7.16. The summed E-state index contributed by atoms with van der Waals surface area (Å²) in [6.07, 6.45) is 6.16. The SMILES string of the molecule is CCc1nc(C)oc1C(=O)/N=c1\sc2cc(C(N)=O)cc(OCCCO)c2n1C/C=C/Cn1c(NC(=O)c2oc(C)nc2CC)nc2cc(C(N)=O)cnc21. The highest BCUT2D eigenvalue weighted by Crippen LogP contribution is 2.31. The van der Waals surface area contributed by atoms with Gasteiger partial charge in [-0.1, -0.05) is 37.3 Å². The first-order valence-electron chi connectivity index (χ1n) is 17.3. The monoisotopic (exact) mass is 770 g/mol. The molecular formula is C36H38N10O8S. The van der Waals surface area contributed by atoms with Gasteiger partial charge in [0.15, 0.2) is 22.2 Å². The van der Waals surface area contributed by atoms with Crippen molar-refractivity contribution in [3.8, 4) is 5.75 Å². The van der Waals surface area contributed by atoms with Gasteiger partial charge in [0.2, 0.25) is 29.3 Å². The van der Waals surface area contributed by atoms with E-state index in [-0.39, 0.29) is 59.7 Å². The number of rotatable bonds is 15. The highest BCUT2D eigenvalue weighted by Gasteiger charge is 2.23. The number of nitrogens with two attached hydrogens (primary N) is 2. The Morgan fingerprint density at radius 3 is 2.24 bits per heavy atom. The summed E-state index contributed by atoms with van der Waals surface area (Å²) in [7, 11) is 0. The number of aliphatic hydroxyl groups excluding tert-OH is 1. The van der Waals surface area contributed by atoms with E-state index >= 15 is 0 Å². The van der Waals surface area contributed by atoms with Gasteiger partial charge in [0, 0.05) is 51.7 Å². The van der Waals surface area contributed by atoms with E-state index in [1.165, 1.54) is 18.3 Å². The van der Waals surface area contributed by atoms with Crippen LogP contribution in [0.25, 0.3) is 21.4 Å². The lowest BCUT2D eigenvalue weighted by Crippen LogP contribution is -2.18. The van der Waals surface area contributed by atoms with E-state index in [9.17, 15) is 24.3 Å². The molecule has 0 aliphatic carbocycles. The number of aliphatic hydroxyl groups is 1. The van der Waals surface area contributed by atoms with Gasteiger partial charge in [-0.15, -0.1) is 0 Å². The Labute approximate surface area is 316 Å². The number of hydrogen-bond donors (Lipinski definition) is 4. The number of ether oxygens (including phenoxy) is 1. The number of hydrogen-bond acceptors (Lipinski definition) is 13. The number of pyridine rings is 1. The summed E-state index contributed by atoms with van der Waals surface area (Å²) in [5.74, 6) is -1.40. The van der Waals surface area contributed by atoms with Gasteiger partial charge in [0.25, 0.3) is 5.91 Å². The highest BCUT2D eigenvalue weighted by atomic mass is 32.1. The third-order valence-corrected chi connectivity index (χ3v) is 9.33. The van der Waals surface area contributed by atoms with E-state index < -0.39 is 23.6 Å². The largest absolute Gasteiger partial charge is 0.491 e. The Balaban J connectivity index is 1.41. The number of oxazole rings is 2. The molecule has 0 saturated heterocycles. The van der Waals surface area contributed by atoms with Gasteiger partial charge in [-0.05, 0) is 31.0 Å². The smallest absolute Gasteiger partial charge is 0.317 e. The molecule has 0 saturated carbocycles. The van der Waals surface area contributed by atoms with E-state index in [1.807, 2.05) is 13.8 Å². The Morgan fingerprint density at radius 1 is 0.927 bits per heavy atom. The van der Waals surface area contributed by atoms with Crippen LogP contribution < -0.4 is 26.3 Å². The van der Waals surface area contributed by atoms with Gasteiger partial charge in [-0.2, -0.15) is 4.99 Å². The number of nitrogens with zero attached hydrogens (tertiary/aromatic N) is 7. The third kappa shape index (κ3) is 8.06. The molecular weight excluding hydrogens is 733 g/mol. The molecule has 0 atom stereocenters. The molecule has 0 bridgehead atoms. The van der Waals surface area contributed by atoms with Crippen molar-refractivity contribution in [1.82, 2.24) is 29.1 Å². The average Bonchev–Trinajstić information content (AvgIpc) is 3.92. The standard InChI is InChI=1S/C36H38N10O8S/c1-5-22-28(53-18(3)40-22)33(50)43-35-42-24-14-21(31(38)49)17-39-32(24)46(35)11-8-7-10-45-27-25(52-13-9-12-47)15-20(30(37)48)16-26(27)55-36(45)44-34(51)29-23(6-2)41-19(4)54-29/h7-8,14-17,47H,5-6,9-13H2,1-4H3,(H2,37,48)(H2,38,49)(H,42,43,50)/b8-7+,44-36-. The first kappa shape index (κ1) is 38.3. The molecule has 0 aliphatic heterocycles. The lowest BCUT2D eigenvalue weighted by Gasteiger charge is -2.11. The molecule has 6 N–H and O–H groups in total. The zero-order valence-electron chi connectivity index (χ0n) is 30.4. The van der Waals surface area contributed by atoms with Gasteiger partial charge in [-0.3, -0.25) is 29.1 Å². The second-order valence-corrected chi connectivity index (χ2v) is 13.2. The molecule has 55 heavy (non-hydrogen) atoms. The van der Waals surface area contributed by atoms with Crippen LogP contribution in [-0.4, -0.2) is 71.0 Å². The van der Waals surface area contributed by atoms with Gasteiger partial charge < -0.3 is 34.7 Å². The summed E-state index contributed by atoms with van der Waals surface area (Å²) in [6, 6.07) is 4.58. The summed E-state index contributed by atoms with van der Waals surface area (Å²) < 4.78 is 21.1. The van der Waals surface area contributed by atoms with Crippen molar-refractivity contribution < 1.29 is 37.9 Å². The average molecular weight is 771 g/mol. The predicted molar refractivity (Wildman–Crippen MR) is 200 cm³/mol. The van der Waals surface area contributed by atoms with E-state index in [0.29, 0.717) is 69.6 Å². The van der Waals surface area contributed by atoms with Crippen molar-refractivity contribution in [3.63, 3.8) is 0 Å². The summed E-state index contributed by atoms with van der Waals surface area (Å²) in [5.41, 5.74) is 13.6. The number of anilines is 1. The second kappa shape index (κ2) is 16.3. The Morgan fingerprint density at radius 2 is 1.58 bits per heavy atom. The molecule has 5 heterocycles. The van der Waals surface area contributed by atoms with E-state index in [0.717, 1.165) is 11.3 Å². The van der Waals surface area contributed by atoms with E-state index in [1.54, 1.807) is 41.2 Å². The molecule has 0 spiro atoms. The van der Waals surface area contributed by atoms with Crippen LogP contribution in [0.5, 0.6) is 5.75 Å². The van der Waals surface area contributed by atoms with Crippen molar-refractivity contribution in [2.75, 3.05) is 18.5 Å². The number of aryl methyl sites for hydroxylation is 4. The number of thiazole rings is 1. The summed E-state index contributed by atoms with van der Waals surface area (Å²) >= 11 is 1.14. The van der Waals surface area contributed by atoms with Crippen LogP contribution in [0.2, 0.25) is 0 Å². The molecule has 0 radical (unpaired) electrons. The van der Waals surface area contributed by atoms with Gasteiger partial charge in [0.05, 0.1) is 28.3 Å². The fourth-order valence-corrected chi connectivity index (χ4v) is 6.86. The molecule has 286 valence electrons. The maximum Gasteiger partial charge on any atom is 0.317 e. The zero-order valence-corrected chi connectivity index (χ0v) is 31.2. The Kier molecular flexibility index (Phi) is 11.3. The van der Waals surface area contributed by atoms with Crippen LogP contribution in [0.15, 0.2) is 50.4 Å². The van der Waals surface area contributed by atoms with Crippen LogP contribution in [0.3, 0.4) is 0 Å². The van der Waals surface area contributed by atoms with E-state index in [2.05, 4.69) is 30.2 Å². The number of primary amides is 2. The number of allylic oxidation sites excluding steroid dienone is 2. The number of fused-ring (bicyclic) bond motifs is 2. The van der Waals surface area contributed by atoms with Crippen molar-refractivity contribution >= 4 is 62.3 Å². The maximum atomic E-state index is 13.5. The fourth-order valence-electron chi connectivity index (χ4n) is 5.76. The Hall–Kier alpha value is -6.47. The topological polar surface area (TPSA) is 262 Å². The normalized spacial score (nSPS) is 12.0. The lowest BCUT2D eigenvalue weighted by atomic mass is 10.2. The number of aromatic nitrogens is 6. The minimum atomic E-state index is -0.689. The number of imidazole rings is 1. The van der Waals surface area contributed by atoms with Crippen LogP contribution in [0, 0.1) is 13.8 Å². The zero-order chi connectivity index (χ0) is 39.4. The van der Waals surface area contributed by atoms with Crippen LogP contribution >= 0.6 is 11.3 Å². The molecule has 0 aliphatic rings. The van der Waals surface area contributed by atoms with Crippen molar-refractivity contribution in [1.29, 1.82) is 0 Å². The van der Waals surface area contributed by atoms with Crippen molar-refractivity contribution in [3.05, 3.63) is 87.2 Å². The van der Waals surface area contributed by atoms with Crippen LogP contribution in [-0.2, 0) is 25.9 Å². The van der Waals surface area contributed by atoms with Gasteiger partial charge >= 0.3 is 5.91 Å². The summed E-state index contributed by atoms with van der Waals surface area (Å²) in [5, 5.41) is 12.2. The van der Waals surface area contributed by atoms with Crippen molar-refractivity contribution in [2.45, 2.75) is 60.0 Å². The number of carbonyl (C=O) groups excluding carboxylic acids is 4. The van der Waals surface area contributed by atoms with E-state index in [4.69, 9.17) is 25.0 Å². The van der Waals surface area contributed by atoms with Crippen LogP contribution in [0.1, 0.15) is 85.3 Å². The first-order valence-corrected chi connectivity index (χ1v) is 18.1. The minimum Gasteiger partial charge on any atom is -0.491 e. The van der Waals surface area contributed by atoms with Gasteiger partial charge in [-0.25, -0.2) is 19.9 Å². The number of nitrogens with one attached hydrogen (secondary N) is 1. The fraction of sp³-hybridized carbons (Fsp3) is 0.306. The minimum absolute atomic E-state index is 0.0249. The summed E-state index contributed by atoms with van der Waals surface area (Å²) in [4.78, 5) is 73.3. The summed E-state index contributed by atoms with van der Waals surface area (Å²) in [6.45, 7) is 7.32. The number of amides is 4. The molecule has 0 unspecified atom stereocenters. The predicted octanol–water partition coefficient (Wildman–Crippen LogP) is 3.37. The number of carbonyl (C=O) groups is 4. The molecule has 0 fully saturated rings. The van der Waals surface area contributed by atoms with Crippen molar-refractivity contribution in [2.24, 2.45) is 16.5 Å². The Bertz CT molecular complexity index is 2560. The molecule has 6 aromatic rings. The maximum absolute atomic E-state index is 13.5. The second-order valence-electron chi connectivity index (χ2n) is 12.2. The molecule has 5 aromatic heterocycles. The molecule has 6 rings (SSSR count).